The SMILES string of the molecule is CC[n+]1c(C=C2Sc3ccc(OC)cc3N2CS(=O)(=O)O)sc2ccc3ccccc3c21. The maximum atomic E-state index is 11.8. The molecule has 0 bridgehead atoms. The predicted octanol–water partition coefficient (Wildman–Crippen LogP) is 5.13. The van der Waals surface area contributed by atoms with Gasteiger partial charge in [-0.2, -0.15) is 13.0 Å². The van der Waals surface area contributed by atoms with Crippen LogP contribution in [0, 0.1) is 0 Å². The fourth-order valence-electron chi connectivity index (χ4n) is 4.01. The van der Waals surface area contributed by atoms with Crippen molar-refractivity contribution in [3.63, 3.8) is 0 Å². The van der Waals surface area contributed by atoms with Gasteiger partial charge in [-0.1, -0.05) is 47.4 Å². The molecule has 4 aromatic rings. The summed E-state index contributed by atoms with van der Waals surface area (Å²) in [6.45, 7) is 2.88. The number of aromatic nitrogens is 1. The molecule has 0 saturated carbocycles. The standard InChI is InChI=1S/C23H20N2O4S3/c1-3-24-21(31-20-10-8-15-6-4-5-7-17(15)23(20)24)13-22-25(14-32(26,27)28)18-12-16(29-2)9-11-19(18)30-22/h4-13H,3,14H2,1-2H3/p+1. The fourth-order valence-corrected chi connectivity index (χ4v) is 7.03. The number of rotatable bonds is 5. The van der Waals surface area contributed by atoms with E-state index < -0.39 is 16.0 Å². The number of hydrogen-bond donors (Lipinski definition) is 1. The Kier molecular flexibility index (Phi) is 5.37. The minimum absolute atomic E-state index is 0.522. The summed E-state index contributed by atoms with van der Waals surface area (Å²) in [5.41, 5.74) is 1.87. The van der Waals surface area contributed by atoms with E-state index >= 15 is 0 Å². The van der Waals surface area contributed by atoms with Gasteiger partial charge >= 0.3 is 0 Å². The summed E-state index contributed by atoms with van der Waals surface area (Å²) in [7, 11) is -2.67. The molecule has 9 heteroatoms. The van der Waals surface area contributed by atoms with Gasteiger partial charge in [-0.15, -0.1) is 0 Å². The van der Waals surface area contributed by atoms with E-state index in [-0.39, 0.29) is 0 Å². The number of anilines is 1. The lowest BCUT2D eigenvalue weighted by atomic mass is 10.1. The largest absolute Gasteiger partial charge is 0.497 e. The maximum absolute atomic E-state index is 11.8. The van der Waals surface area contributed by atoms with Gasteiger partial charge in [0, 0.05) is 11.0 Å². The van der Waals surface area contributed by atoms with E-state index in [1.165, 1.54) is 32.8 Å². The monoisotopic (exact) mass is 485 g/mol. The number of hydrogen-bond acceptors (Lipinski definition) is 6. The summed E-state index contributed by atoms with van der Waals surface area (Å²) in [5, 5.41) is 4.13. The van der Waals surface area contributed by atoms with Crippen LogP contribution in [0.3, 0.4) is 0 Å². The van der Waals surface area contributed by atoms with Crippen LogP contribution in [0.1, 0.15) is 11.9 Å². The van der Waals surface area contributed by atoms with Crippen molar-refractivity contribution in [2.45, 2.75) is 18.4 Å². The summed E-state index contributed by atoms with van der Waals surface area (Å²) < 4.78 is 42.0. The molecule has 3 aromatic carbocycles. The van der Waals surface area contributed by atoms with Gasteiger partial charge in [0.25, 0.3) is 15.1 Å². The number of methoxy groups -OCH3 is 1. The van der Waals surface area contributed by atoms with Gasteiger partial charge in [0.2, 0.25) is 5.52 Å². The van der Waals surface area contributed by atoms with E-state index in [0.29, 0.717) is 11.4 Å². The lowest BCUT2D eigenvalue weighted by Crippen LogP contribution is -2.34. The zero-order chi connectivity index (χ0) is 22.5. The maximum Gasteiger partial charge on any atom is 0.283 e. The molecule has 0 saturated heterocycles. The zero-order valence-electron chi connectivity index (χ0n) is 17.5. The van der Waals surface area contributed by atoms with Gasteiger partial charge in [0.1, 0.15) is 17.0 Å². The third kappa shape index (κ3) is 3.75. The van der Waals surface area contributed by atoms with E-state index in [1.807, 2.05) is 30.3 Å². The van der Waals surface area contributed by atoms with Crippen molar-refractivity contribution >= 4 is 66.0 Å². The molecule has 164 valence electrons. The van der Waals surface area contributed by atoms with Crippen LogP contribution in [0.15, 0.2) is 64.5 Å². The molecule has 2 heterocycles. The number of fused-ring (bicyclic) bond motifs is 4. The van der Waals surface area contributed by atoms with E-state index in [2.05, 4.69) is 35.8 Å². The van der Waals surface area contributed by atoms with Gasteiger partial charge in [0.15, 0.2) is 5.88 Å². The van der Waals surface area contributed by atoms with Crippen molar-refractivity contribution < 1.29 is 22.3 Å². The Bertz CT molecular complexity index is 1490. The van der Waals surface area contributed by atoms with Gasteiger partial charge in [-0.3, -0.25) is 4.55 Å². The number of thiazole rings is 1. The second-order valence-corrected chi connectivity index (χ2v) is 10.9. The van der Waals surface area contributed by atoms with E-state index in [1.54, 1.807) is 29.4 Å². The van der Waals surface area contributed by atoms with Gasteiger partial charge in [0.05, 0.1) is 29.3 Å². The molecule has 0 unspecified atom stereocenters. The van der Waals surface area contributed by atoms with Crippen molar-refractivity contribution in [1.82, 2.24) is 0 Å². The Balaban J connectivity index is 1.68. The van der Waals surface area contributed by atoms with Crippen LogP contribution in [0.4, 0.5) is 5.69 Å². The highest BCUT2D eigenvalue weighted by molar-refractivity contribution is 8.04. The molecule has 5 rings (SSSR count). The molecule has 1 aliphatic rings. The Labute approximate surface area is 194 Å². The normalized spacial score (nSPS) is 15.1. The zero-order valence-corrected chi connectivity index (χ0v) is 19.9. The summed E-state index contributed by atoms with van der Waals surface area (Å²) in [6, 6.07) is 18.1. The smallest absolute Gasteiger partial charge is 0.283 e. The topological polar surface area (TPSA) is 70.7 Å². The minimum Gasteiger partial charge on any atom is -0.497 e. The van der Waals surface area contributed by atoms with Crippen LogP contribution in [0.2, 0.25) is 0 Å². The first-order valence-corrected chi connectivity index (χ1v) is 13.3. The molecule has 0 fully saturated rings. The summed E-state index contributed by atoms with van der Waals surface area (Å²) in [5.74, 6) is 0.106. The molecule has 1 aromatic heterocycles. The van der Waals surface area contributed by atoms with Gasteiger partial charge in [-0.25, -0.2) is 0 Å². The quantitative estimate of drug-likeness (QED) is 0.312. The molecular weight excluding hydrogens is 464 g/mol. The molecule has 0 radical (unpaired) electrons. The molecule has 32 heavy (non-hydrogen) atoms. The predicted molar refractivity (Wildman–Crippen MR) is 131 cm³/mol. The molecule has 1 N–H and O–H groups in total. The Morgan fingerprint density at radius 1 is 1.16 bits per heavy atom. The highest BCUT2D eigenvalue weighted by Gasteiger charge is 2.31. The number of benzene rings is 3. The lowest BCUT2D eigenvalue weighted by Gasteiger charge is -2.18. The summed E-state index contributed by atoms with van der Waals surface area (Å²) in [4.78, 5) is 2.54. The fraction of sp³-hybridized carbons (Fsp3) is 0.174. The Hall–Kier alpha value is -2.59. The average molecular weight is 486 g/mol. The first-order chi connectivity index (χ1) is 15.4. The van der Waals surface area contributed by atoms with Crippen molar-refractivity contribution in [3.05, 3.63) is 64.6 Å². The molecule has 6 nitrogen and oxygen atoms in total. The highest BCUT2D eigenvalue weighted by atomic mass is 32.2. The number of thioether (sulfide) groups is 1. The van der Waals surface area contributed by atoms with Crippen LogP contribution >= 0.6 is 23.1 Å². The van der Waals surface area contributed by atoms with Crippen molar-refractivity contribution in [1.29, 1.82) is 0 Å². The number of nitrogens with zero attached hydrogens (tertiary/aromatic N) is 2. The highest BCUT2D eigenvalue weighted by Crippen LogP contribution is 2.48. The minimum atomic E-state index is -4.24. The Morgan fingerprint density at radius 2 is 1.97 bits per heavy atom. The third-order valence-corrected chi connectivity index (χ3v) is 8.20. The number of aryl methyl sites for hydroxylation is 1. The molecule has 0 aliphatic carbocycles. The second-order valence-electron chi connectivity index (χ2n) is 7.38. The molecule has 0 atom stereocenters. The molecule has 0 amide bonds. The second kappa shape index (κ2) is 8.08. The summed E-state index contributed by atoms with van der Waals surface area (Å²) >= 11 is 3.15. The van der Waals surface area contributed by atoms with Gasteiger partial charge < -0.3 is 9.64 Å². The van der Waals surface area contributed by atoms with Crippen molar-refractivity contribution in [2.75, 3.05) is 17.9 Å². The average Bonchev–Trinajstić information content (AvgIpc) is 3.30. The third-order valence-electron chi connectivity index (χ3n) is 5.41. The first kappa shape index (κ1) is 21.3. The number of ether oxygens (including phenoxy) is 1. The molecule has 1 aliphatic heterocycles. The molecular formula is C23H21N2O4S3+. The van der Waals surface area contributed by atoms with Crippen LogP contribution < -0.4 is 14.2 Å². The Morgan fingerprint density at radius 3 is 2.72 bits per heavy atom. The molecule has 0 spiro atoms. The lowest BCUT2D eigenvalue weighted by molar-refractivity contribution is -0.664. The van der Waals surface area contributed by atoms with Crippen LogP contribution in [-0.4, -0.2) is 26.0 Å². The van der Waals surface area contributed by atoms with Crippen LogP contribution in [0.25, 0.3) is 27.1 Å². The van der Waals surface area contributed by atoms with Gasteiger partial charge in [-0.05, 0) is 36.6 Å². The summed E-state index contributed by atoms with van der Waals surface area (Å²) in [6.07, 6.45) is 2.01. The van der Waals surface area contributed by atoms with Crippen LogP contribution in [-0.2, 0) is 16.7 Å². The van der Waals surface area contributed by atoms with Crippen molar-refractivity contribution in [3.8, 4) is 5.75 Å². The first-order valence-electron chi connectivity index (χ1n) is 10.0. The van der Waals surface area contributed by atoms with Crippen LogP contribution in [0.5, 0.6) is 5.75 Å². The van der Waals surface area contributed by atoms with Crippen molar-refractivity contribution in [2.24, 2.45) is 0 Å². The van der Waals surface area contributed by atoms with E-state index in [0.717, 1.165) is 21.5 Å². The van der Waals surface area contributed by atoms with E-state index in [4.69, 9.17) is 4.74 Å². The van der Waals surface area contributed by atoms with E-state index in [9.17, 15) is 13.0 Å².